The van der Waals surface area contributed by atoms with Crippen molar-refractivity contribution in [3.63, 3.8) is 0 Å². The molecule has 1 aromatic carbocycles. The van der Waals surface area contributed by atoms with Crippen molar-refractivity contribution in [2.45, 2.75) is 6.54 Å². The maximum Gasteiger partial charge on any atom is 0.324 e. The number of ether oxygens (including phenoxy) is 1. The lowest BCUT2D eigenvalue weighted by Crippen LogP contribution is -1.98. The standard InChI is InChI=1S/C12H11BrN2O3S/c1-18-11-4-9(13)3-10(5-11)14-6-8-2-12(15(16)17)19-7-8/h2-5,7,14H,6H2,1H3. The zero-order chi connectivity index (χ0) is 13.8. The van der Waals surface area contributed by atoms with Crippen molar-refractivity contribution < 1.29 is 9.66 Å². The third-order valence-electron chi connectivity index (χ3n) is 2.42. The first-order valence-corrected chi connectivity index (χ1v) is 7.06. The molecule has 5 nitrogen and oxygen atoms in total. The van der Waals surface area contributed by atoms with Crippen molar-refractivity contribution in [1.82, 2.24) is 0 Å². The van der Waals surface area contributed by atoms with Gasteiger partial charge in [-0.1, -0.05) is 27.3 Å². The highest BCUT2D eigenvalue weighted by molar-refractivity contribution is 9.10. The maximum atomic E-state index is 10.6. The molecule has 1 heterocycles. The monoisotopic (exact) mass is 342 g/mol. The first-order chi connectivity index (χ1) is 9.08. The number of rotatable bonds is 5. The van der Waals surface area contributed by atoms with Gasteiger partial charge in [-0.25, -0.2) is 0 Å². The fourth-order valence-corrected chi connectivity index (χ4v) is 2.74. The second-order valence-electron chi connectivity index (χ2n) is 3.78. The summed E-state index contributed by atoms with van der Waals surface area (Å²) in [6, 6.07) is 7.22. The third-order valence-corrected chi connectivity index (χ3v) is 3.81. The van der Waals surface area contributed by atoms with Crippen LogP contribution in [0.3, 0.4) is 0 Å². The lowest BCUT2D eigenvalue weighted by atomic mass is 10.2. The van der Waals surface area contributed by atoms with E-state index in [1.807, 2.05) is 18.2 Å². The summed E-state index contributed by atoms with van der Waals surface area (Å²) in [6.07, 6.45) is 0. The van der Waals surface area contributed by atoms with Gasteiger partial charge in [0, 0.05) is 34.2 Å². The lowest BCUT2D eigenvalue weighted by Gasteiger charge is -2.08. The number of methoxy groups -OCH3 is 1. The Labute approximate surface area is 122 Å². The summed E-state index contributed by atoms with van der Waals surface area (Å²) >= 11 is 4.53. The van der Waals surface area contributed by atoms with Crippen LogP contribution >= 0.6 is 27.3 Å². The Morgan fingerprint density at radius 2 is 2.21 bits per heavy atom. The Morgan fingerprint density at radius 3 is 2.84 bits per heavy atom. The van der Waals surface area contributed by atoms with Crippen LogP contribution in [0.1, 0.15) is 5.56 Å². The zero-order valence-electron chi connectivity index (χ0n) is 10.1. The molecule has 2 rings (SSSR count). The van der Waals surface area contributed by atoms with E-state index in [4.69, 9.17) is 4.74 Å². The summed E-state index contributed by atoms with van der Waals surface area (Å²) in [5, 5.41) is 15.7. The van der Waals surface area contributed by atoms with E-state index >= 15 is 0 Å². The van der Waals surface area contributed by atoms with E-state index in [1.54, 1.807) is 18.6 Å². The van der Waals surface area contributed by atoms with Crippen LogP contribution in [0, 0.1) is 10.1 Å². The molecule has 2 aromatic rings. The van der Waals surface area contributed by atoms with Crippen molar-refractivity contribution in [3.05, 3.63) is 49.8 Å². The van der Waals surface area contributed by atoms with Crippen LogP contribution in [-0.2, 0) is 6.54 Å². The van der Waals surface area contributed by atoms with Gasteiger partial charge in [-0.15, -0.1) is 0 Å². The molecule has 0 bridgehead atoms. The normalized spacial score (nSPS) is 10.2. The van der Waals surface area contributed by atoms with Gasteiger partial charge in [0.15, 0.2) is 0 Å². The van der Waals surface area contributed by atoms with Crippen LogP contribution in [0.5, 0.6) is 5.75 Å². The minimum Gasteiger partial charge on any atom is -0.497 e. The van der Waals surface area contributed by atoms with Crippen LogP contribution in [-0.4, -0.2) is 12.0 Å². The SMILES string of the molecule is COc1cc(Br)cc(NCc2csc([N+](=O)[O-])c2)c1. The van der Waals surface area contributed by atoms with Crippen LogP contribution in [0.25, 0.3) is 0 Å². The molecule has 0 aliphatic rings. The molecule has 7 heteroatoms. The molecule has 0 unspecified atom stereocenters. The molecule has 0 amide bonds. The Morgan fingerprint density at radius 1 is 1.42 bits per heavy atom. The van der Waals surface area contributed by atoms with Gasteiger partial charge in [-0.3, -0.25) is 10.1 Å². The summed E-state index contributed by atoms with van der Waals surface area (Å²) in [4.78, 5) is 10.2. The first kappa shape index (κ1) is 13.8. The van der Waals surface area contributed by atoms with Crippen molar-refractivity contribution >= 4 is 38.0 Å². The average Bonchev–Trinajstić information content (AvgIpc) is 2.84. The summed E-state index contributed by atoms with van der Waals surface area (Å²) in [5.74, 6) is 0.744. The predicted octanol–water partition coefficient (Wildman–Crippen LogP) is 4.04. The van der Waals surface area contributed by atoms with Crippen LogP contribution in [0.15, 0.2) is 34.1 Å². The average molecular weight is 343 g/mol. The number of hydrogen-bond acceptors (Lipinski definition) is 5. The van der Waals surface area contributed by atoms with Gasteiger partial charge in [-0.05, 0) is 17.7 Å². The molecular formula is C12H11BrN2O3S. The molecule has 1 N–H and O–H groups in total. The zero-order valence-corrected chi connectivity index (χ0v) is 12.5. The van der Waals surface area contributed by atoms with E-state index in [9.17, 15) is 10.1 Å². The van der Waals surface area contributed by atoms with E-state index in [0.29, 0.717) is 6.54 Å². The fourth-order valence-electron chi connectivity index (χ4n) is 1.54. The summed E-state index contributed by atoms with van der Waals surface area (Å²) in [6.45, 7) is 0.532. The molecule has 0 saturated carbocycles. The van der Waals surface area contributed by atoms with Crippen LogP contribution in [0.4, 0.5) is 10.7 Å². The number of nitro groups is 1. The number of nitrogens with zero attached hydrogens (tertiary/aromatic N) is 1. The van der Waals surface area contributed by atoms with Gasteiger partial charge in [0.05, 0.1) is 12.0 Å². The molecule has 0 aliphatic heterocycles. The molecule has 0 fully saturated rings. The predicted molar refractivity (Wildman–Crippen MR) is 79.0 cm³/mol. The Balaban J connectivity index is 2.05. The minimum absolute atomic E-state index is 0.156. The highest BCUT2D eigenvalue weighted by Gasteiger charge is 2.09. The number of halogens is 1. The number of nitrogens with one attached hydrogen (secondary N) is 1. The van der Waals surface area contributed by atoms with E-state index in [-0.39, 0.29) is 9.92 Å². The van der Waals surface area contributed by atoms with E-state index in [0.717, 1.165) is 32.8 Å². The highest BCUT2D eigenvalue weighted by Crippen LogP contribution is 2.26. The third kappa shape index (κ3) is 3.68. The van der Waals surface area contributed by atoms with Crippen LogP contribution < -0.4 is 10.1 Å². The minimum atomic E-state index is -0.379. The van der Waals surface area contributed by atoms with Crippen molar-refractivity contribution in [2.24, 2.45) is 0 Å². The van der Waals surface area contributed by atoms with Gasteiger partial charge in [0.25, 0.3) is 0 Å². The summed E-state index contributed by atoms with van der Waals surface area (Å²) < 4.78 is 6.07. The van der Waals surface area contributed by atoms with E-state index < -0.39 is 0 Å². The van der Waals surface area contributed by atoms with Crippen molar-refractivity contribution in [1.29, 1.82) is 0 Å². The molecule has 0 spiro atoms. The Hall–Kier alpha value is -1.60. The highest BCUT2D eigenvalue weighted by atomic mass is 79.9. The number of anilines is 1. The second kappa shape index (κ2) is 6.03. The molecule has 0 saturated heterocycles. The van der Waals surface area contributed by atoms with Gasteiger partial charge in [0.1, 0.15) is 5.75 Å². The molecule has 1 aromatic heterocycles. The Kier molecular flexibility index (Phi) is 4.39. The molecule has 0 radical (unpaired) electrons. The largest absolute Gasteiger partial charge is 0.497 e. The van der Waals surface area contributed by atoms with Gasteiger partial charge in [0.2, 0.25) is 0 Å². The topological polar surface area (TPSA) is 64.4 Å². The van der Waals surface area contributed by atoms with E-state index in [2.05, 4.69) is 21.2 Å². The molecule has 100 valence electrons. The summed E-state index contributed by atoms with van der Waals surface area (Å²) in [5.41, 5.74) is 1.77. The number of benzene rings is 1. The van der Waals surface area contributed by atoms with Gasteiger partial charge >= 0.3 is 5.00 Å². The Bertz CT molecular complexity index is 600. The lowest BCUT2D eigenvalue weighted by molar-refractivity contribution is -0.380. The molecule has 0 atom stereocenters. The van der Waals surface area contributed by atoms with Crippen LogP contribution in [0.2, 0.25) is 0 Å². The smallest absolute Gasteiger partial charge is 0.324 e. The second-order valence-corrected chi connectivity index (χ2v) is 5.59. The molecule has 0 aliphatic carbocycles. The summed E-state index contributed by atoms with van der Waals surface area (Å²) in [7, 11) is 1.60. The van der Waals surface area contributed by atoms with Gasteiger partial charge < -0.3 is 10.1 Å². The van der Waals surface area contributed by atoms with Crippen molar-refractivity contribution in [2.75, 3.05) is 12.4 Å². The van der Waals surface area contributed by atoms with E-state index in [1.165, 1.54) is 0 Å². The molecule has 19 heavy (non-hydrogen) atoms. The van der Waals surface area contributed by atoms with Gasteiger partial charge in [-0.2, -0.15) is 0 Å². The first-order valence-electron chi connectivity index (χ1n) is 5.39. The van der Waals surface area contributed by atoms with Crippen molar-refractivity contribution in [3.8, 4) is 5.75 Å². The number of thiophene rings is 1. The maximum absolute atomic E-state index is 10.6. The quantitative estimate of drug-likeness (QED) is 0.657. The molecular weight excluding hydrogens is 332 g/mol. The number of hydrogen-bond donors (Lipinski definition) is 1. The fraction of sp³-hybridized carbons (Fsp3) is 0.167.